The van der Waals surface area contributed by atoms with Gasteiger partial charge in [-0.3, -0.25) is 4.90 Å². The molecule has 0 radical (unpaired) electrons. The molecular weight excluding hydrogens is 236 g/mol. The highest BCUT2D eigenvalue weighted by molar-refractivity contribution is 5.06. The van der Waals surface area contributed by atoms with Crippen LogP contribution in [-0.2, 0) is 0 Å². The molecule has 0 aliphatic carbocycles. The fourth-order valence-corrected chi connectivity index (χ4v) is 4.08. The van der Waals surface area contributed by atoms with Gasteiger partial charge in [0, 0.05) is 23.7 Å². The van der Waals surface area contributed by atoms with Crippen LogP contribution in [0.4, 0.5) is 0 Å². The van der Waals surface area contributed by atoms with Crippen LogP contribution in [0.15, 0.2) is 0 Å². The SMILES string of the molecule is CC1(C)CC(N)C(CCCN)C(C)(C)N1CCCN. The molecule has 0 aromatic heterocycles. The highest BCUT2D eigenvalue weighted by Gasteiger charge is 2.49. The summed E-state index contributed by atoms with van der Waals surface area (Å²) in [6.45, 7) is 11.9. The van der Waals surface area contributed by atoms with Crippen LogP contribution in [0.3, 0.4) is 0 Å². The van der Waals surface area contributed by atoms with E-state index in [0.717, 1.165) is 45.3 Å². The van der Waals surface area contributed by atoms with Gasteiger partial charge in [0.05, 0.1) is 0 Å². The Hall–Kier alpha value is -0.160. The van der Waals surface area contributed by atoms with Crippen molar-refractivity contribution in [2.24, 2.45) is 23.1 Å². The second-order valence-electron chi connectivity index (χ2n) is 7.17. The van der Waals surface area contributed by atoms with Gasteiger partial charge in [-0.15, -0.1) is 0 Å². The number of hydrogen-bond donors (Lipinski definition) is 3. The van der Waals surface area contributed by atoms with Gasteiger partial charge in [-0.2, -0.15) is 0 Å². The highest BCUT2D eigenvalue weighted by atomic mass is 15.3. The Morgan fingerprint density at radius 1 is 1.05 bits per heavy atom. The van der Waals surface area contributed by atoms with Crippen LogP contribution in [0.5, 0.6) is 0 Å². The molecule has 0 spiro atoms. The molecule has 0 aromatic rings. The first-order valence-corrected chi connectivity index (χ1v) is 7.71. The van der Waals surface area contributed by atoms with E-state index in [2.05, 4.69) is 32.6 Å². The average Bonchev–Trinajstić information content (AvgIpc) is 2.26. The van der Waals surface area contributed by atoms with Gasteiger partial charge in [0.25, 0.3) is 0 Å². The molecule has 114 valence electrons. The maximum Gasteiger partial charge on any atom is 0.0201 e. The lowest BCUT2D eigenvalue weighted by Gasteiger charge is -2.59. The van der Waals surface area contributed by atoms with Gasteiger partial charge >= 0.3 is 0 Å². The maximum atomic E-state index is 6.47. The van der Waals surface area contributed by atoms with Gasteiger partial charge in [-0.25, -0.2) is 0 Å². The van der Waals surface area contributed by atoms with Gasteiger partial charge < -0.3 is 17.2 Å². The number of rotatable bonds is 6. The van der Waals surface area contributed by atoms with E-state index in [0.29, 0.717) is 5.92 Å². The van der Waals surface area contributed by atoms with Crippen LogP contribution in [0.2, 0.25) is 0 Å². The predicted octanol–water partition coefficient (Wildman–Crippen LogP) is 1.28. The highest BCUT2D eigenvalue weighted by Crippen LogP contribution is 2.43. The average molecular weight is 270 g/mol. The molecule has 1 rings (SSSR count). The molecule has 1 heterocycles. The smallest absolute Gasteiger partial charge is 0.0201 e. The Bertz CT molecular complexity index is 275. The minimum atomic E-state index is 0.117. The van der Waals surface area contributed by atoms with E-state index in [4.69, 9.17) is 17.2 Å². The summed E-state index contributed by atoms with van der Waals surface area (Å²) >= 11 is 0. The zero-order chi connectivity index (χ0) is 14.7. The molecule has 1 saturated heterocycles. The van der Waals surface area contributed by atoms with Crippen molar-refractivity contribution in [1.29, 1.82) is 0 Å². The molecule has 0 bridgehead atoms. The second-order valence-corrected chi connectivity index (χ2v) is 7.17. The standard InChI is InChI=1S/C15H34N4/c1-14(2)11-13(18)12(7-5-8-16)15(3,4)19(14)10-6-9-17/h12-13H,5-11,16-18H2,1-4H3. The van der Waals surface area contributed by atoms with Crippen molar-refractivity contribution < 1.29 is 0 Å². The van der Waals surface area contributed by atoms with E-state index < -0.39 is 0 Å². The molecule has 19 heavy (non-hydrogen) atoms. The minimum Gasteiger partial charge on any atom is -0.330 e. The van der Waals surface area contributed by atoms with Crippen molar-refractivity contribution in [3.8, 4) is 0 Å². The van der Waals surface area contributed by atoms with E-state index in [9.17, 15) is 0 Å². The van der Waals surface area contributed by atoms with Gasteiger partial charge in [-0.1, -0.05) is 0 Å². The monoisotopic (exact) mass is 270 g/mol. The van der Waals surface area contributed by atoms with Gasteiger partial charge in [0.2, 0.25) is 0 Å². The molecule has 2 atom stereocenters. The van der Waals surface area contributed by atoms with E-state index in [-0.39, 0.29) is 17.1 Å². The Labute approximate surface area is 119 Å². The molecule has 6 N–H and O–H groups in total. The van der Waals surface area contributed by atoms with Crippen LogP contribution < -0.4 is 17.2 Å². The van der Waals surface area contributed by atoms with Crippen molar-refractivity contribution in [3.63, 3.8) is 0 Å². The molecule has 0 amide bonds. The molecule has 4 heteroatoms. The van der Waals surface area contributed by atoms with Gasteiger partial charge in [-0.05, 0) is 72.4 Å². The summed E-state index contributed by atoms with van der Waals surface area (Å²) in [5.41, 5.74) is 18.1. The maximum absolute atomic E-state index is 6.47. The third-order valence-electron chi connectivity index (χ3n) is 4.89. The van der Waals surface area contributed by atoms with Crippen LogP contribution >= 0.6 is 0 Å². The topological polar surface area (TPSA) is 81.3 Å². The number of nitrogens with two attached hydrogens (primary N) is 3. The summed E-state index contributed by atoms with van der Waals surface area (Å²) in [6.07, 6.45) is 4.29. The summed E-state index contributed by atoms with van der Waals surface area (Å²) in [7, 11) is 0. The zero-order valence-corrected chi connectivity index (χ0v) is 13.3. The quantitative estimate of drug-likeness (QED) is 0.679. The first-order valence-electron chi connectivity index (χ1n) is 7.71. The fraction of sp³-hybridized carbons (Fsp3) is 1.00. The summed E-state index contributed by atoms with van der Waals surface area (Å²) in [5, 5.41) is 0. The van der Waals surface area contributed by atoms with E-state index in [1.165, 1.54) is 0 Å². The Morgan fingerprint density at radius 2 is 1.63 bits per heavy atom. The summed E-state index contributed by atoms with van der Waals surface area (Å²) in [5.74, 6) is 0.516. The predicted molar refractivity (Wildman–Crippen MR) is 82.9 cm³/mol. The molecule has 2 unspecified atom stereocenters. The largest absolute Gasteiger partial charge is 0.330 e. The molecule has 1 aliphatic heterocycles. The molecule has 0 aromatic carbocycles. The zero-order valence-electron chi connectivity index (χ0n) is 13.3. The third-order valence-corrected chi connectivity index (χ3v) is 4.89. The summed E-state index contributed by atoms with van der Waals surface area (Å²) < 4.78 is 0. The van der Waals surface area contributed by atoms with Gasteiger partial charge in [0.15, 0.2) is 0 Å². The van der Waals surface area contributed by atoms with Crippen LogP contribution in [0, 0.1) is 5.92 Å². The van der Waals surface area contributed by atoms with Crippen molar-refractivity contribution in [3.05, 3.63) is 0 Å². The normalized spacial score (nSPS) is 30.5. The van der Waals surface area contributed by atoms with Gasteiger partial charge in [0.1, 0.15) is 0 Å². The summed E-state index contributed by atoms with van der Waals surface area (Å²) in [6, 6.07) is 0.269. The number of hydrogen-bond acceptors (Lipinski definition) is 4. The minimum absolute atomic E-state index is 0.117. The molecule has 1 aliphatic rings. The lowest BCUT2D eigenvalue weighted by Crippen LogP contribution is -2.68. The molecule has 1 fully saturated rings. The van der Waals surface area contributed by atoms with Crippen LogP contribution in [-0.4, -0.2) is 41.7 Å². The molecule has 0 saturated carbocycles. The van der Waals surface area contributed by atoms with Crippen LogP contribution in [0.1, 0.15) is 53.4 Å². The van der Waals surface area contributed by atoms with E-state index >= 15 is 0 Å². The van der Waals surface area contributed by atoms with E-state index in [1.54, 1.807) is 0 Å². The first kappa shape index (κ1) is 16.9. The van der Waals surface area contributed by atoms with Crippen LogP contribution in [0.25, 0.3) is 0 Å². The second kappa shape index (κ2) is 6.53. The fourth-order valence-electron chi connectivity index (χ4n) is 4.08. The Morgan fingerprint density at radius 3 is 2.16 bits per heavy atom. The Kier molecular flexibility index (Phi) is 5.80. The molecular formula is C15H34N4. The van der Waals surface area contributed by atoms with Crippen molar-refractivity contribution in [2.45, 2.75) is 70.5 Å². The summed E-state index contributed by atoms with van der Waals surface area (Å²) in [4.78, 5) is 2.62. The Balaban J connectivity index is 2.91. The van der Waals surface area contributed by atoms with Crippen molar-refractivity contribution in [2.75, 3.05) is 19.6 Å². The lowest BCUT2D eigenvalue weighted by molar-refractivity contribution is -0.0772. The van der Waals surface area contributed by atoms with E-state index in [1.807, 2.05) is 0 Å². The van der Waals surface area contributed by atoms with Crippen molar-refractivity contribution >= 4 is 0 Å². The first-order chi connectivity index (χ1) is 8.77. The number of nitrogens with zero attached hydrogens (tertiary/aromatic N) is 1. The third kappa shape index (κ3) is 3.69. The van der Waals surface area contributed by atoms with Crippen molar-refractivity contribution in [1.82, 2.24) is 4.90 Å². The number of piperidine rings is 1. The lowest BCUT2D eigenvalue weighted by atomic mass is 9.68. The molecule has 4 nitrogen and oxygen atoms in total. The number of likely N-dealkylation sites (tertiary alicyclic amines) is 1.